The van der Waals surface area contributed by atoms with Crippen LogP contribution in [0.3, 0.4) is 0 Å². The minimum atomic E-state index is -1.19. The van der Waals surface area contributed by atoms with E-state index < -0.39 is 24.3 Å². The molecule has 206 valence electrons. The molecule has 1 aliphatic heterocycles. The van der Waals surface area contributed by atoms with Gasteiger partial charge in [-0.25, -0.2) is 4.79 Å². The zero-order valence-electron chi connectivity index (χ0n) is 22.4. The third-order valence-electron chi connectivity index (χ3n) is 7.67. The van der Waals surface area contributed by atoms with Gasteiger partial charge < -0.3 is 31.5 Å². The van der Waals surface area contributed by atoms with E-state index in [2.05, 4.69) is 0 Å². The number of nitrogens with two attached hydrogens (primary N) is 2. The van der Waals surface area contributed by atoms with E-state index in [-0.39, 0.29) is 6.03 Å². The van der Waals surface area contributed by atoms with Crippen molar-refractivity contribution in [3.05, 3.63) is 131 Å². The van der Waals surface area contributed by atoms with Gasteiger partial charge in [0.1, 0.15) is 12.2 Å². The summed E-state index contributed by atoms with van der Waals surface area (Å²) in [6.07, 6.45) is -1.65. The fraction of sp³-hybridized carbons (Fsp3) is 0.242. The first-order valence-corrected chi connectivity index (χ1v) is 13.6. The molecular formula is C33H36N4O3. The molecule has 0 spiro atoms. The average Bonchev–Trinajstić information content (AvgIpc) is 3.03. The number of urea groups is 1. The number of carbonyl (C=O) groups is 1. The van der Waals surface area contributed by atoms with Gasteiger partial charge in [0.2, 0.25) is 0 Å². The first-order chi connectivity index (χ1) is 19.4. The lowest BCUT2D eigenvalue weighted by Gasteiger charge is -2.36. The van der Waals surface area contributed by atoms with E-state index in [9.17, 15) is 15.0 Å². The van der Waals surface area contributed by atoms with Crippen LogP contribution in [0.1, 0.15) is 22.3 Å². The van der Waals surface area contributed by atoms with E-state index in [0.29, 0.717) is 37.3 Å². The van der Waals surface area contributed by atoms with Crippen LogP contribution in [0.5, 0.6) is 0 Å². The Morgan fingerprint density at radius 1 is 0.525 bits per heavy atom. The average molecular weight is 537 g/mol. The number of nitrogens with zero attached hydrogens (tertiary/aromatic N) is 2. The van der Waals surface area contributed by atoms with Gasteiger partial charge in [0.15, 0.2) is 0 Å². The molecule has 6 N–H and O–H groups in total. The molecule has 4 aromatic rings. The number of nitrogen functional groups attached to an aromatic ring is 2. The number of carbonyl (C=O) groups excluding carboxylic acids is 1. The third-order valence-corrected chi connectivity index (χ3v) is 7.67. The number of anilines is 2. The molecule has 1 heterocycles. The van der Waals surface area contributed by atoms with Gasteiger partial charge in [0.05, 0.1) is 12.1 Å². The van der Waals surface area contributed by atoms with Crippen LogP contribution >= 0.6 is 0 Å². The van der Waals surface area contributed by atoms with Gasteiger partial charge in [-0.15, -0.1) is 0 Å². The number of rotatable bonds is 8. The molecule has 0 saturated carbocycles. The molecule has 4 atom stereocenters. The SMILES string of the molecule is Nc1ccc(C[C@@H]2[C@H](O)[C@@H](O)[C@@H](Cc3ccc(N)cc3)N(Cc3ccccc3)C(=O)N2Cc2ccccc2)cc1. The summed E-state index contributed by atoms with van der Waals surface area (Å²) < 4.78 is 0. The monoisotopic (exact) mass is 536 g/mol. The fourth-order valence-corrected chi connectivity index (χ4v) is 5.45. The maximum absolute atomic E-state index is 14.5. The van der Waals surface area contributed by atoms with Crippen LogP contribution in [0.2, 0.25) is 0 Å². The lowest BCUT2D eigenvalue weighted by atomic mass is 9.90. The van der Waals surface area contributed by atoms with Gasteiger partial charge in [-0.3, -0.25) is 0 Å². The summed E-state index contributed by atoms with van der Waals surface area (Å²) >= 11 is 0. The highest BCUT2D eigenvalue weighted by Gasteiger charge is 2.46. The first kappa shape index (κ1) is 27.2. The summed E-state index contributed by atoms with van der Waals surface area (Å²) in [6, 6.07) is 32.7. The summed E-state index contributed by atoms with van der Waals surface area (Å²) in [6.45, 7) is 0.589. The standard InChI is InChI=1S/C33H36N4O3/c34-27-15-11-23(12-16-27)19-29-31(38)32(39)30(20-24-13-17-28(35)18-14-24)37(22-26-9-5-2-6-10-26)33(40)36(29)21-25-7-3-1-4-8-25/h1-18,29-32,38-39H,19-22,34-35H2/t29-,30-,31+,32+/m1/s1. The summed E-state index contributed by atoms with van der Waals surface area (Å²) in [7, 11) is 0. The van der Waals surface area contributed by atoms with Crippen LogP contribution in [0.25, 0.3) is 0 Å². The molecule has 2 amide bonds. The molecule has 7 nitrogen and oxygen atoms in total. The molecule has 1 fully saturated rings. The van der Waals surface area contributed by atoms with Crippen molar-refractivity contribution < 1.29 is 15.0 Å². The molecule has 7 heteroatoms. The van der Waals surface area contributed by atoms with Crippen molar-refractivity contribution in [2.45, 2.75) is 50.2 Å². The fourth-order valence-electron chi connectivity index (χ4n) is 5.45. The number of aliphatic hydroxyl groups is 2. The zero-order chi connectivity index (χ0) is 28.1. The Balaban J connectivity index is 1.57. The quantitative estimate of drug-likeness (QED) is 0.252. The molecule has 0 aliphatic carbocycles. The first-order valence-electron chi connectivity index (χ1n) is 13.6. The summed E-state index contributed by atoms with van der Waals surface area (Å²) in [5, 5.41) is 23.5. The van der Waals surface area contributed by atoms with E-state index in [0.717, 1.165) is 22.3 Å². The lowest BCUT2D eigenvalue weighted by Crippen LogP contribution is -2.50. The van der Waals surface area contributed by atoms with Crippen molar-refractivity contribution >= 4 is 17.4 Å². The van der Waals surface area contributed by atoms with Gasteiger partial charge >= 0.3 is 6.03 Å². The maximum atomic E-state index is 14.5. The van der Waals surface area contributed by atoms with Crippen LogP contribution in [-0.4, -0.2) is 50.3 Å². The molecule has 4 aromatic carbocycles. The maximum Gasteiger partial charge on any atom is 0.321 e. The van der Waals surface area contributed by atoms with Crippen molar-refractivity contribution in [2.24, 2.45) is 0 Å². The van der Waals surface area contributed by atoms with Crippen LogP contribution in [-0.2, 0) is 25.9 Å². The van der Waals surface area contributed by atoms with Gasteiger partial charge in [-0.05, 0) is 59.4 Å². The molecule has 0 unspecified atom stereocenters. The van der Waals surface area contributed by atoms with E-state index in [4.69, 9.17) is 11.5 Å². The molecule has 40 heavy (non-hydrogen) atoms. The van der Waals surface area contributed by atoms with Crippen LogP contribution in [0.15, 0.2) is 109 Å². The van der Waals surface area contributed by atoms with Crippen molar-refractivity contribution in [3.63, 3.8) is 0 Å². The number of benzene rings is 4. The molecule has 0 bridgehead atoms. The van der Waals surface area contributed by atoms with Crippen LogP contribution < -0.4 is 11.5 Å². The highest BCUT2D eigenvalue weighted by atomic mass is 16.3. The lowest BCUT2D eigenvalue weighted by molar-refractivity contribution is -0.0408. The predicted octanol–water partition coefficient (Wildman–Crippen LogP) is 4.23. The zero-order valence-corrected chi connectivity index (χ0v) is 22.4. The Labute approximate surface area is 235 Å². The molecule has 1 aliphatic rings. The predicted molar refractivity (Wildman–Crippen MR) is 158 cm³/mol. The Morgan fingerprint density at radius 3 is 1.23 bits per heavy atom. The number of amides is 2. The topological polar surface area (TPSA) is 116 Å². The Morgan fingerprint density at radius 2 is 0.875 bits per heavy atom. The normalized spacial score (nSPS) is 21.3. The highest BCUT2D eigenvalue weighted by Crippen LogP contribution is 2.30. The van der Waals surface area contributed by atoms with E-state index in [1.807, 2.05) is 109 Å². The van der Waals surface area contributed by atoms with E-state index in [1.54, 1.807) is 9.80 Å². The van der Waals surface area contributed by atoms with Gasteiger partial charge in [0.25, 0.3) is 0 Å². The summed E-state index contributed by atoms with van der Waals surface area (Å²) in [5.74, 6) is 0. The molecule has 0 radical (unpaired) electrons. The smallest absolute Gasteiger partial charge is 0.321 e. The van der Waals surface area contributed by atoms with Gasteiger partial charge in [0, 0.05) is 24.5 Å². The van der Waals surface area contributed by atoms with Crippen molar-refractivity contribution in [3.8, 4) is 0 Å². The second-order valence-corrected chi connectivity index (χ2v) is 10.5. The minimum absolute atomic E-state index is 0.232. The Kier molecular flexibility index (Phi) is 8.34. The number of hydrogen-bond acceptors (Lipinski definition) is 5. The summed E-state index contributed by atoms with van der Waals surface area (Å²) in [5.41, 5.74) is 16.8. The Bertz CT molecular complexity index is 1270. The molecule has 0 aromatic heterocycles. The van der Waals surface area contributed by atoms with E-state index in [1.165, 1.54) is 0 Å². The molecular weight excluding hydrogens is 500 g/mol. The van der Waals surface area contributed by atoms with Crippen molar-refractivity contribution in [1.29, 1.82) is 0 Å². The minimum Gasteiger partial charge on any atom is -0.399 e. The van der Waals surface area contributed by atoms with E-state index >= 15 is 0 Å². The highest BCUT2D eigenvalue weighted by molar-refractivity contribution is 5.76. The molecule has 1 saturated heterocycles. The second kappa shape index (κ2) is 12.2. The summed E-state index contributed by atoms with van der Waals surface area (Å²) in [4.78, 5) is 18.0. The number of hydrogen-bond donors (Lipinski definition) is 4. The van der Waals surface area contributed by atoms with Crippen LogP contribution in [0.4, 0.5) is 16.2 Å². The Hall–Kier alpha value is -4.33. The van der Waals surface area contributed by atoms with Gasteiger partial charge in [-0.1, -0.05) is 84.9 Å². The van der Waals surface area contributed by atoms with Crippen molar-refractivity contribution in [1.82, 2.24) is 9.80 Å². The van der Waals surface area contributed by atoms with Gasteiger partial charge in [-0.2, -0.15) is 0 Å². The number of aliphatic hydroxyl groups excluding tert-OH is 2. The molecule has 5 rings (SSSR count). The largest absolute Gasteiger partial charge is 0.399 e. The van der Waals surface area contributed by atoms with Crippen LogP contribution in [0, 0.1) is 0 Å². The second-order valence-electron chi connectivity index (χ2n) is 10.5. The third kappa shape index (κ3) is 6.28. The van der Waals surface area contributed by atoms with Crippen molar-refractivity contribution in [2.75, 3.05) is 11.5 Å².